The number of carbonyl (C=O) groups is 1. The molecule has 17 heavy (non-hydrogen) atoms. The zero-order valence-corrected chi connectivity index (χ0v) is 11.4. The van der Waals surface area contributed by atoms with Crippen LogP contribution in [0, 0.1) is 0 Å². The summed E-state index contributed by atoms with van der Waals surface area (Å²) in [6.07, 6.45) is 2.89. The Bertz CT molecular complexity index is 438. The van der Waals surface area contributed by atoms with Crippen molar-refractivity contribution in [1.29, 1.82) is 0 Å². The van der Waals surface area contributed by atoms with Gasteiger partial charge in [-0.05, 0) is 13.8 Å². The van der Waals surface area contributed by atoms with Crippen LogP contribution in [0.1, 0.15) is 24.3 Å². The molecule has 1 aromatic rings. The van der Waals surface area contributed by atoms with E-state index in [4.69, 9.17) is 11.6 Å². The highest BCUT2D eigenvalue weighted by atomic mass is 35.5. The van der Waals surface area contributed by atoms with Crippen molar-refractivity contribution in [2.75, 3.05) is 18.8 Å². The zero-order chi connectivity index (χ0) is 12.5. The minimum Gasteiger partial charge on any atom is -0.335 e. The van der Waals surface area contributed by atoms with Crippen LogP contribution in [0.5, 0.6) is 0 Å². The minimum absolute atomic E-state index is 0.0895. The molecule has 0 aromatic carbocycles. The number of rotatable bonds is 1. The smallest absolute Gasteiger partial charge is 0.274 e. The SMILES string of the molecule is CC1(C)CN(C(=O)c2cncc(Cl)n2)CCS1. The van der Waals surface area contributed by atoms with Crippen molar-refractivity contribution in [3.8, 4) is 0 Å². The van der Waals surface area contributed by atoms with Gasteiger partial charge in [0.2, 0.25) is 0 Å². The summed E-state index contributed by atoms with van der Waals surface area (Å²) in [4.78, 5) is 21.9. The number of nitrogens with zero attached hydrogens (tertiary/aromatic N) is 3. The van der Waals surface area contributed by atoms with Crippen molar-refractivity contribution in [3.63, 3.8) is 0 Å². The monoisotopic (exact) mass is 271 g/mol. The Kier molecular flexibility index (Phi) is 3.58. The molecule has 2 rings (SSSR count). The highest BCUT2D eigenvalue weighted by Gasteiger charge is 2.30. The third-order valence-corrected chi connectivity index (χ3v) is 4.02. The summed E-state index contributed by atoms with van der Waals surface area (Å²) in [5.41, 5.74) is 0.320. The highest BCUT2D eigenvalue weighted by Crippen LogP contribution is 2.29. The van der Waals surface area contributed by atoms with E-state index in [9.17, 15) is 4.79 Å². The van der Waals surface area contributed by atoms with Gasteiger partial charge in [-0.25, -0.2) is 4.98 Å². The summed E-state index contributed by atoms with van der Waals surface area (Å²) in [6.45, 7) is 5.76. The average Bonchev–Trinajstić information content (AvgIpc) is 2.26. The molecule has 2 heterocycles. The molecule has 0 N–H and O–H groups in total. The lowest BCUT2D eigenvalue weighted by molar-refractivity contribution is 0.0741. The summed E-state index contributed by atoms with van der Waals surface area (Å²) in [6, 6.07) is 0. The van der Waals surface area contributed by atoms with Gasteiger partial charge in [-0.15, -0.1) is 0 Å². The second kappa shape index (κ2) is 4.82. The maximum atomic E-state index is 12.2. The van der Waals surface area contributed by atoms with E-state index in [1.807, 2.05) is 16.7 Å². The Balaban J connectivity index is 2.15. The number of halogens is 1. The predicted octanol–water partition coefficient (Wildman–Crippen LogP) is 2.10. The van der Waals surface area contributed by atoms with Crippen LogP contribution in [-0.2, 0) is 0 Å². The summed E-state index contributed by atoms with van der Waals surface area (Å²) in [5, 5.41) is 0.251. The van der Waals surface area contributed by atoms with Gasteiger partial charge in [0, 0.05) is 23.6 Å². The van der Waals surface area contributed by atoms with Crippen LogP contribution in [0.2, 0.25) is 5.15 Å². The molecule has 0 atom stereocenters. The number of hydrogen-bond donors (Lipinski definition) is 0. The number of amides is 1. The molecule has 4 nitrogen and oxygen atoms in total. The van der Waals surface area contributed by atoms with Crippen molar-refractivity contribution in [3.05, 3.63) is 23.2 Å². The number of aromatic nitrogens is 2. The zero-order valence-electron chi connectivity index (χ0n) is 9.81. The fourth-order valence-electron chi connectivity index (χ4n) is 1.80. The quantitative estimate of drug-likeness (QED) is 0.785. The maximum Gasteiger partial charge on any atom is 0.274 e. The Morgan fingerprint density at radius 2 is 2.29 bits per heavy atom. The van der Waals surface area contributed by atoms with Gasteiger partial charge in [-0.2, -0.15) is 11.8 Å². The van der Waals surface area contributed by atoms with Gasteiger partial charge in [-0.1, -0.05) is 11.6 Å². The molecule has 0 aliphatic carbocycles. The topological polar surface area (TPSA) is 46.1 Å². The van der Waals surface area contributed by atoms with E-state index in [-0.39, 0.29) is 15.8 Å². The first-order chi connectivity index (χ1) is 7.98. The molecular weight excluding hydrogens is 258 g/mol. The lowest BCUT2D eigenvalue weighted by Gasteiger charge is -2.37. The number of thioether (sulfide) groups is 1. The minimum atomic E-state index is -0.0895. The van der Waals surface area contributed by atoms with Crippen LogP contribution in [0.3, 0.4) is 0 Å². The average molecular weight is 272 g/mol. The maximum absolute atomic E-state index is 12.2. The molecule has 1 aromatic heterocycles. The molecule has 0 unspecified atom stereocenters. The molecule has 0 bridgehead atoms. The Morgan fingerprint density at radius 1 is 1.53 bits per heavy atom. The van der Waals surface area contributed by atoms with Crippen molar-refractivity contribution >= 4 is 29.3 Å². The van der Waals surface area contributed by atoms with E-state index < -0.39 is 0 Å². The third-order valence-electron chi connectivity index (χ3n) is 2.54. The van der Waals surface area contributed by atoms with E-state index >= 15 is 0 Å². The van der Waals surface area contributed by atoms with E-state index in [1.54, 1.807) is 0 Å². The van der Waals surface area contributed by atoms with Gasteiger partial charge in [0.25, 0.3) is 5.91 Å². The summed E-state index contributed by atoms with van der Waals surface area (Å²) < 4.78 is 0.0971. The van der Waals surface area contributed by atoms with Crippen LogP contribution < -0.4 is 0 Å². The van der Waals surface area contributed by atoms with Gasteiger partial charge >= 0.3 is 0 Å². The van der Waals surface area contributed by atoms with E-state index in [2.05, 4.69) is 23.8 Å². The summed E-state index contributed by atoms with van der Waals surface area (Å²) in [7, 11) is 0. The first-order valence-corrected chi connectivity index (χ1v) is 6.75. The highest BCUT2D eigenvalue weighted by molar-refractivity contribution is 8.00. The molecule has 0 spiro atoms. The Labute approximate surface area is 110 Å². The first kappa shape index (κ1) is 12.6. The predicted molar refractivity (Wildman–Crippen MR) is 69.5 cm³/mol. The Hall–Kier alpha value is -0.810. The van der Waals surface area contributed by atoms with Crippen molar-refractivity contribution in [1.82, 2.24) is 14.9 Å². The lowest BCUT2D eigenvalue weighted by atomic mass is 10.2. The molecule has 6 heteroatoms. The standard InChI is InChI=1S/C11H14ClN3OS/c1-11(2)7-15(3-4-17-11)10(16)8-5-13-6-9(12)14-8/h5-6H,3-4,7H2,1-2H3. The summed E-state index contributed by atoms with van der Waals surface area (Å²) in [5.74, 6) is 0.862. The van der Waals surface area contributed by atoms with Gasteiger partial charge in [0.1, 0.15) is 10.8 Å². The van der Waals surface area contributed by atoms with Crippen LogP contribution in [-0.4, -0.2) is 44.4 Å². The first-order valence-electron chi connectivity index (χ1n) is 5.39. The van der Waals surface area contributed by atoms with Crippen LogP contribution in [0.15, 0.2) is 12.4 Å². The van der Waals surface area contributed by atoms with Gasteiger partial charge in [0.15, 0.2) is 0 Å². The largest absolute Gasteiger partial charge is 0.335 e. The molecule has 92 valence electrons. The second-order valence-electron chi connectivity index (χ2n) is 4.56. The van der Waals surface area contributed by atoms with E-state index in [0.29, 0.717) is 5.69 Å². The molecule has 1 fully saturated rings. The van der Waals surface area contributed by atoms with Gasteiger partial charge in [0.05, 0.1) is 12.4 Å². The van der Waals surface area contributed by atoms with Crippen LogP contribution in [0.25, 0.3) is 0 Å². The normalized spacial score (nSPS) is 19.1. The van der Waals surface area contributed by atoms with Crippen molar-refractivity contribution in [2.24, 2.45) is 0 Å². The summed E-state index contributed by atoms with van der Waals surface area (Å²) >= 11 is 7.62. The Morgan fingerprint density at radius 3 is 2.94 bits per heavy atom. The van der Waals surface area contributed by atoms with E-state index in [1.165, 1.54) is 12.4 Å². The second-order valence-corrected chi connectivity index (χ2v) is 6.75. The molecule has 1 aliphatic rings. The number of hydrogen-bond acceptors (Lipinski definition) is 4. The fourth-order valence-corrected chi connectivity index (χ4v) is 3.06. The van der Waals surface area contributed by atoms with Crippen molar-refractivity contribution < 1.29 is 4.79 Å². The third kappa shape index (κ3) is 3.10. The van der Waals surface area contributed by atoms with E-state index in [0.717, 1.165) is 18.8 Å². The fraction of sp³-hybridized carbons (Fsp3) is 0.545. The molecule has 1 saturated heterocycles. The van der Waals surface area contributed by atoms with Crippen LogP contribution in [0.4, 0.5) is 0 Å². The van der Waals surface area contributed by atoms with Crippen molar-refractivity contribution in [2.45, 2.75) is 18.6 Å². The molecule has 1 aliphatic heterocycles. The molecular formula is C11H14ClN3OS. The molecule has 0 radical (unpaired) electrons. The number of carbonyl (C=O) groups excluding carboxylic acids is 1. The molecule has 0 saturated carbocycles. The van der Waals surface area contributed by atoms with Gasteiger partial charge < -0.3 is 4.90 Å². The lowest BCUT2D eigenvalue weighted by Crippen LogP contribution is -2.46. The molecule has 1 amide bonds. The van der Waals surface area contributed by atoms with Gasteiger partial charge in [-0.3, -0.25) is 9.78 Å². The van der Waals surface area contributed by atoms with Crippen LogP contribution >= 0.6 is 23.4 Å².